The molecule has 38 heavy (non-hydrogen) atoms. The Morgan fingerprint density at radius 2 is 1.71 bits per heavy atom. The van der Waals surface area contributed by atoms with Gasteiger partial charge in [-0.3, -0.25) is 4.79 Å². The lowest BCUT2D eigenvalue weighted by atomic mass is 9.97. The summed E-state index contributed by atoms with van der Waals surface area (Å²) in [4.78, 5) is 29.3. The molecule has 3 aromatic rings. The summed E-state index contributed by atoms with van der Waals surface area (Å²) in [7, 11) is 2.09. The highest BCUT2D eigenvalue weighted by molar-refractivity contribution is 5.70. The first-order valence-corrected chi connectivity index (χ1v) is 12.8. The van der Waals surface area contributed by atoms with Gasteiger partial charge in [0.15, 0.2) is 0 Å². The topological polar surface area (TPSA) is 116 Å². The first-order chi connectivity index (χ1) is 18.4. The van der Waals surface area contributed by atoms with Gasteiger partial charge in [0.2, 0.25) is 17.8 Å². The van der Waals surface area contributed by atoms with E-state index in [4.69, 9.17) is 4.74 Å². The van der Waals surface area contributed by atoms with Crippen LogP contribution in [0.4, 0.5) is 27.9 Å². The van der Waals surface area contributed by atoms with Crippen LogP contribution < -0.4 is 20.3 Å². The Morgan fingerprint density at radius 1 is 1.03 bits per heavy atom. The maximum absolute atomic E-state index is 13.3. The molecule has 1 aliphatic rings. The summed E-state index contributed by atoms with van der Waals surface area (Å²) < 4.78 is 19.2. The number of carboxylic acid groups (broad SMARTS) is 1. The van der Waals surface area contributed by atoms with Crippen LogP contribution in [0.2, 0.25) is 0 Å². The molecular formula is C27H34FN7O3. The van der Waals surface area contributed by atoms with Crippen LogP contribution >= 0.6 is 0 Å². The summed E-state index contributed by atoms with van der Waals surface area (Å²) >= 11 is 0. The highest BCUT2D eigenvalue weighted by Crippen LogP contribution is 2.20. The van der Waals surface area contributed by atoms with Crippen LogP contribution in [0, 0.1) is 11.7 Å². The van der Waals surface area contributed by atoms with E-state index in [1.54, 1.807) is 12.1 Å². The highest BCUT2D eigenvalue weighted by atomic mass is 19.1. The van der Waals surface area contributed by atoms with Gasteiger partial charge < -0.3 is 30.3 Å². The molecule has 1 unspecified atom stereocenters. The molecule has 1 saturated heterocycles. The van der Waals surface area contributed by atoms with Gasteiger partial charge in [0.1, 0.15) is 18.2 Å². The second-order valence-electron chi connectivity index (χ2n) is 9.27. The minimum atomic E-state index is -0.774. The molecule has 1 atom stereocenters. The summed E-state index contributed by atoms with van der Waals surface area (Å²) in [5.41, 5.74) is 1.64. The van der Waals surface area contributed by atoms with Gasteiger partial charge in [-0.2, -0.15) is 15.0 Å². The molecule has 4 rings (SSSR count). The first-order valence-electron chi connectivity index (χ1n) is 12.8. The number of benzene rings is 2. The number of hydrogen-bond donors (Lipinski definition) is 3. The van der Waals surface area contributed by atoms with Crippen molar-refractivity contribution in [3.05, 3.63) is 59.9 Å². The van der Waals surface area contributed by atoms with Gasteiger partial charge in [-0.1, -0.05) is 19.1 Å². The van der Waals surface area contributed by atoms with E-state index in [-0.39, 0.29) is 11.7 Å². The van der Waals surface area contributed by atoms with E-state index in [1.165, 1.54) is 12.1 Å². The number of aliphatic carboxylic acids is 1. The Hall–Kier alpha value is -3.99. The second-order valence-corrected chi connectivity index (χ2v) is 9.27. The monoisotopic (exact) mass is 523 g/mol. The van der Waals surface area contributed by atoms with Gasteiger partial charge >= 0.3 is 5.97 Å². The number of carboxylic acids is 1. The Balaban J connectivity index is 1.36. The molecule has 2 heterocycles. The van der Waals surface area contributed by atoms with Gasteiger partial charge in [0.25, 0.3) is 0 Å². The van der Waals surface area contributed by atoms with Gasteiger partial charge in [0.05, 0.1) is 12.5 Å². The Bertz CT molecular complexity index is 1190. The number of carbonyl (C=O) groups is 1. The zero-order chi connectivity index (χ0) is 26.9. The summed E-state index contributed by atoms with van der Waals surface area (Å²) in [6.07, 6.45) is 1.09. The summed E-state index contributed by atoms with van der Waals surface area (Å²) in [5.74, 6) is 0.582. The lowest BCUT2D eigenvalue weighted by molar-refractivity contribution is -0.141. The first kappa shape index (κ1) is 27.1. The van der Waals surface area contributed by atoms with Crippen LogP contribution in [0.5, 0.6) is 5.75 Å². The fraction of sp³-hybridized carbons (Fsp3) is 0.407. The number of nitrogens with one attached hydrogen (secondary N) is 2. The minimum Gasteiger partial charge on any atom is -0.492 e. The fourth-order valence-electron chi connectivity index (χ4n) is 4.05. The molecule has 2 aromatic carbocycles. The lowest BCUT2D eigenvalue weighted by Crippen LogP contribution is -2.45. The Labute approximate surface area is 221 Å². The molecule has 3 N–H and O–H groups in total. The predicted octanol–water partition coefficient (Wildman–Crippen LogP) is 3.65. The number of halogens is 1. The van der Waals surface area contributed by atoms with E-state index in [2.05, 4.69) is 42.4 Å². The van der Waals surface area contributed by atoms with Gasteiger partial charge in [0, 0.05) is 31.9 Å². The normalized spacial score (nSPS) is 14.7. The van der Waals surface area contributed by atoms with E-state index >= 15 is 0 Å². The van der Waals surface area contributed by atoms with E-state index in [0.29, 0.717) is 55.3 Å². The van der Waals surface area contributed by atoms with Crippen molar-refractivity contribution in [2.45, 2.75) is 19.8 Å². The smallest absolute Gasteiger partial charge is 0.306 e. The van der Waals surface area contributed by atoms with Crippen molar-refractivity contribution < 1.29 is 19.0 Å². The van der Waals surface area contributed by atoms with Crippen molar-refractivity contribution >= 4 is 29.5 Å². The summed E-state index contributed by atoms with van der Waals surface area (Å²) in [6.45, 7) is 6.16. The molecular weight excluding hydrogens is 489 g/mol. The van der Waals surface area contributed by atoms with Crippen LogP contribution in [-0.2, 0) is 11.2 Å². The molecule has 10 nitrogen and oxygen atoms in total. The largest absolute Gasteiger partial charge is 0.492 e. The zero-order valence-electron chi connectivity index (χ0n) is 21.7. The Kier molecular flexibility index (Phi) is 9.26. The summed E-state index contributed by atoms with van der Waals surface area (Å²) in [6, 6.07) is 13.5. The van der Waals surface area contributed by atoms with Crippen LogP contribution in [0.1, 0.15) is 18.9 Å². The average molecular weight is 524 g/mol. The van der Waals surface area contributed by atoms with E-state index in [1.807, 2.05) is 31.2 Å². The van der Waals surface area contributed by atoms with Gasteiger partial charge in [-0.25, -0.2) is 4.39 Å². The molecule has 1 aromatic heterocycles. The molecule has 1 aliphatic heterocycles. The molecule has 0 spiro atoms. The predicted molar refractivity (Wildman–Crippen MR) is 145 cm³/mol. The van der Waals surface area contributed by atoms with Crippen molar-refractivity contribution in [1.82, 2.24) is 19.9 Å². The molecule has 0 aliphatic carbocycles. The van der Waals surface area contributed by atoms with Gasteiger partial charge in [-0.05, 0) is 61.9 Å². The molecule has 0 radical (unpaired) electrons. The number of hydrogen-bond acceptors (Lipinski definition) is 9. The number of anilines is 4. The number of likely N-dealkylation sites (N-methyl/N-ethyl adjacent to an activating group) is 1. The van der Waals surface area contributed by atoms with Crippen molar-refractivity contribution in [3.8, 4) is 5.75 Å². The zero-order valence-corrected chi connectivity index (χ0v) is 21.7. The van der Waals surface area contributed by atoms with Crippen LogP contribution in [0.3, 0.4) is 0 Å². The van der Waals surface area contributed by atoms with Crippen molar-refractivity contribution in [2.75, 3.05) is 61.9 Å². The Morgan fingerprint density at radius 3 is 2.37 bits per heavy atom. The molecule has 1 fully saturated rings. The van der Waals surface area contributed by atoms with E-state index in [0.717, 1.165) is 31.7 Å². The highest BCUT2D eigenvalue weighted by Gasteiger charge is 2.19. The summed E-state index contributed by atoms with van der Waals surface area (Å²) in [5, 5.41) is 15.6. The molecule has 0 amide bonds. The van der Waals surface area contributed by atoms with Crippen molar-refractivity contribution in [2.24, 2.45) is 5.92 Å². The molecule has 0 bridgehead atoms. The van der Waals surface area contributed by atoms with Crippen LogP contribution in [-0.4, -0.2) is 77.3 Å². The number of ether oxygens (including phenoxy) is 1. The number of piperazine rings is 1. The quantitative estimate of drug-likeness (QED) is 0.304. The third-order valence-electron chi connectivity index (χ3n) is 6.41. The number of aromatic nitrogens is 3. The van der Waals surface area contributed by atoms with Crippen LogP contribution in [0.15, 0.2) is 48.5 Å². The third-order valence-corrected chi connectivity index (χ3v) is 6.41. The number of rotatable bonds is 12. The van der Waals surface area contributed by atoms with E-state index in [9.17, 15) is 14.3 Å². The standard InChI is InChI=1S/C27H34FN7O3/c1-3-20(24(36)37)18-19-4-10-23(11-5-19)38-17-12-29-25-31-26(30-22-8-6-21(28)7-9-22)33-27(32-25)35-15-13-34(2)14-16-35/h4-11,20H,3,12-18H2,1-2H3,(H,36,37)(H2,29,30,31,32,33). The number of nitrogens with zero attached hydrogens (tertiary/aromatic N) is 5. The molecule has 0 saturated carbocycles. The lowest BCUT2D eigenvalue weighted by Gasteiger charge is -2.32. The van der Waals surface area contributed by atoms with Crippen molar-refractivity contribution in [1.29, 1.82) is 0 Å². The average Bonchev–Trinajstić information content (AvgIpc) is 2.92. The van der Waals surface area contributed by atoms with Crippen LogP contribution in [0.25, 0.3) is 0 Å². The molecule has 202 valence electrons. The van der Waals surface area contributed by atoms with Crippen molar-refractivity contribution in [3.63, 3.8) is 0 Å². The SMILES string of the molecule is CCC(Cc1ccc(OCCNc2nc(Nc3ccc(F)cc3)nc(N3CCN(C)CC3)n2)cc1)C(=O)O. The third kappa shape index (κ3) is 7.75. The minimum absolute atomic E-state index is 0.313. The fourth-order valence-corrected chi connectivity index (χ4v) is 4.05. The second kappa shape index (κ2) is 13.0. The van der Waals surface area contributed by atoms with E-state index < -0.39 is 5.97 Å². The molecule has 11 heteroatoms. The maximum Gasteiger partial charge on any atom is 0.306 e. The van der Waals surface area contributed by atoms with Gasteiger partial charge in [-0.15, -0.1) is 0 Å². The maximum atomic E-state index is 13.3.